The van der Waals surface area contributed by atoms with Gasteiger partial charge in [0.05, 0.1) is 0 Å². The van der Waals surface area contributed by atoms with Crippen LogP contribution in [0.25, 0.3) is 0 Å². The Morgan fingerprint density at radius 2 is 1.94 bits per heavy atom. The van der Waals surface area contributed by atoms with Crippen LogP contribution in [0.1, 0.15) is 44.7 Å². The number of halogens is 2. The summed E-state index contributed by atoms with van der Waals surface area (Å²) in [5.74, 6) is -1.55. The van der Waals surface area contributed by atoms with Crippen molar-refractivity contribution >= 4 is 0 Å². The Morgan fingerprint density at radius 1 is 1.19 bits per heavy atom. The molecular formula is C13H19F2N. The van der Waals surface area contributed by atoms with E-state index in [1.807, 2.05) is 6.92 Å². The molecule has 1 aromatic rings. The summed E-state index contributed by atoms with van der Waals surface area (Å²) in [5, 5.41) is 3.29. The minimum atomic E-state index is -0.783. The number of unbranched alkanes of at least 4 members (excludes halogenated alkanes) is 1. The molecule has 0 heterocycles. The minimum absolute atomic E-state index is 0.125. The third-order valence-corrected chi connectivity index (χ3v) is 2.64. The molecule has 1 atom stereocenters. The van der Waals surface area contributed by atoms with Gasteiger partial charge in [-0.3, -0.25) is 0 Å². The number of rotatable bonds is 6. The molecule has 0 saturated carbocycles. The molecule has 0 spiro atoms. The van der Waals surface area contributed by atoms with Crippen LogP contribution < -0.4 is 5.32 Å². The second kappa shape index (κ2) is 6.59. The lowest BCUT2D eigenvalue weighted by atomic mass is 10.0. The Bertz CT molecular complexity index is 326. The maximum Gasteiger partial charge on any atom is 0.159 e. The van der Waals surface area contributed by atoms with Crippen LogP contribution in [-0.2, 0) is 0 Å². The molecule has 0 bridgehead atoms. The lowest BCUT2D eigenvalue weighted by Gasteiger charge is -2.18. The SMILES string of the molecule is CCCCC(NCC)c1ccc(F)c(F)c1. The maximum absolute atomic E-state index is 13.1. The Labute approximate surface area is 95.9 Å². The van der Waals surface area contributed by atoms with E-state index in [0.29, 0.717) is 0 Å². The lowest BCUT2D eigenvalue weighted by Crippen LogP contribution is -2.21. The van der Waals surface area contributed by atoms with Crippen LogP contribution in [0.3, 0.4) is 0 Å². The van der Waals surface area contributed by atoms with Crippen LogP contribution in [0.15, 0.2) is 18.2 Å². The summed E-state index contributed by atoms with van der Waals surface area (Å²) in [7, 11) is 0. The fourth-order valence-corrected chi connectivity index (χ4v) is 1.77. The Kier molecular flexibility index (Phi) is 5.39. The van der Waals surface area contributed by atoms with Crippen molar-refractivity contribution < 1.29 is 8.78 Å². The van der Waals surface area contributed by atoms with Gasteiger partial charge in [-0.25, -0.2) is 8.78 Å². The lowest BCUT2D eigenvalue weighted by molar-refractivity contribution is 0.478. The van der Waals surface area contributed by atoms with E-state index in [1.165, 1.54) is 12.1 Å². The second-order valence-corrected chi connectivity index (χ2v) is 3.93. The van der Waals surface area contributed by atoms with Gasteiger partial charge in [0, 0.05) is 6.04 Å². The summed E-state index contributed by atoms with van der Waals surface area (Å²) in [6.07, 6.45) is 3.14. The molecular weight excluding hydrogens is 208 g/mol. The molecule has 1 unspecified atom stereocenters. The summed E-state index contributed by atoms with van der Waals surface area (Å²) < 4.78 is 25.9. The van der Waals surface area contributed by atoms with Crippen molar-refractivity contribution in [3.05, 3.63) is 35.4 Å². The van der Waals surface area contributed by atoms with E-state index in [4.69, 9.17) is 0 Å². The zero-order chi connectivity index (χ0) is 12.0. The summed E-state index contributed by atoms with van der Waals surface area (Å²) in [5.41, 5.74) is 0.828. The predicted molar refractivity (Wildman–Crippen MR) is 62.3 cm³/mol. The van der Waals surface area contributed by atoms with Gasteiger partial charge in [-0.1, -0.05) is 32.8 Å². The first-order chi connectivity index (χ1) is 7.69. The average molecular weight is 227 g/mol. The zero-order valence-corrected chi connectivity index (χ0v) is 9.89. The first kappa shape index (κ1) is 13.1. The van der Waals surface area contributed by atoms with E-state index >= 15 is 0 Å². The Hall–Kier alpha value is -0.960. The number of hydrogen-bond donors (Lipinski definition) is 1. The van der Waals surface area contributed by atoms with Gasteiger partial charge in [-0.05, 0) is 30.7 Å². The third kappa shape index (κ3) is 3.56. The third-order valence-electron chi connectivity index (χ3n) is 2.64. The molecule has 1 aromatic carbocycles. The van der Waals surface area contributed by atoms with Gasteiger partial charge in [-0.2, -0.15) is 0 Å². The molecule has 0 fully saturated rings. The van der Waals surface area contributed by atoms with Crippen molar-refractivity contribution in [2.75, 3.05) is 6.54 Å². The van der Waals surface area contributed by atoms with Crippen LogP contribution >= 0.6 is 0 Å². The molecule has 3 heteroatoms. The highest BCUT2D eigenvalue weighted by atomic mass is 19.2. The highest BCUT2D eigenvalue weighted by molar-refractivity contribution is 5.21. The highest BCUT2D eigenvalue weighted by Gasteiger charge is 2.12. The quantitative estimate of drug-likeness (QED) is 0.779. The molecule has 0 saturated heterocycles. The van der Waals surface area contributed by atoms with Crippen LogP contribution in [0.2, 0.25) is 0 Å². The fraction of sp³-hybridized carbons (Fsp3) is 0.538. The van der Waals surface area contributed by atoms with E-state index in [-0.39, 0.29) is 6.04 Å². The van der Waals surface area contributed by atoms with Crippen LogP contribution in [-0.4, -0.2) is 6.54 Å². The first-order valence-electron chi connectivity index (χ1n) is 5.87. The monoisotopic (exact) mass is 227 g/mol. The van der Waals surface area contributed by atoms with Crippen LogP contribution in [0.5, 0.6) is 0 Å². The summed E-state index contributed by atoms with van der Waals surface area (Å²) >= 11 is 0. The van der Waals surface area contributed by atoms with Crippen molar-refractivity contribution in [2.45, 2.75) is 39.2 Å². The molecule has 16 heavy (non-hydrogen) atoms. The van der Waals surface area contributed by atoms with E-state index in [9.17, 15) is 8.78 Å². The number of hydrogen-bond acceptors (Lipinski definition) is 1. The average Bonchev–Trinajstić information content (AvgIpc) is 2.28. The van der Waals surface area contributed by atoms with E-state index in [2.05, 4.69) is 12.2 Å². The smallest absolute Gasteiger partial charge is 0.159 e. The Morgan fingerprint density at radius 3 is 2.50 bits per heavy atom. The molecule has 1 nitrogen and oxygen atoms in total. The normalized spacial score (nSPS) is 12.8. The van der Waals surface area contributed by atoms with Crippen LogP contribution in [0.4, 0.5) is 8.78 Å². The Balaban J connectivity index is 2.78. The molecule has 0 aliphatic rings. The summed E-state index contributed by atoms with van der Waals surface area (Å²) in [4.78, 5) is 0. The van der Waals surface area contributed by atoms with Crippen molar-refractivity contribution in [3.63, 3.8) is 0 Å². The minimum Gasteiger partial charge on any atom is -0.310 e. The highest BCUT2D eigenvalue weighted by Crippen LogP contribution is 2.21. The maximum atomic E-state index is 13.1. The molecule has 0 aliphatic carbocycles. The molecule has 0 radical (unpaired) electrons. The summed E-state index contributed by atoms with van der Waals surface area (Å²) in [6, 6.07) is 4.26. The van der Waals surface area contributed by atoms with E-state index in [1.54, 1.807) is 6.07 Å². The van der Waals surface area contributed by atoms with Gasteiger partial charge in [0.2, 0.25) is 0 Å². The largest absolute Gasteiger partial charge is 0.310 e. The topological polar surface area (TPSA) is 12.0 Å². The number of benzene rings is 1. The van der Waals surface area contributed by atoms with E-state index in [0.717, 1.165) is 31.4 Å². The molecule has 1 N–H and O–H groups in total. The molecule has 0 aromatic heterocycles. The second-order valence-electron chi connectivity index (χ2n) is 3.93. The molecule has 90 valence electrons. The molecule has 0 aliphatic heterocycles. The fourth-order valence-electron chi connectivity index (χ4n) is 1.77. The van der Waals surface area contributed by atoms with Gasteiger partial charge in [-0.15, -0.1) is 0 Å². The van der Waals surface area contributed by atoms with Gasteiger partial charge in [0.15, 0.2) is 11.6 Å². The van der Waals surface area contributed by atoms with Gasteiger partial charge in [0.1, 0.15) is 0 Å². The summed E-state index contributed by atoms with van der Waals surface area (Å²) in [6.45, 7) is 4.96. The zero-order valence-electron chi connectivity index (χ0n) is 9.89. The van der Waals surface area contributed by atoms with Crippen molar-refractivity contribution in [2.24, 2.45) is 0 Å². The van der Waals surface area contributed by atoms with Crippen molar-refractivity contribution in [1.82, 2.24) is 5.32 Å². The van der Waals surface area contributed by atoms with Gasteiger partial charge in [0.25, 0.3) is 0 Å². The molecule has 1 rings (SSSR count). The van der Waals surface area contributed by atoms with Crippen LogP contribution in [0, 0.1) is 11.6 Å². The number of nitrogens with one attached hydrogen (secondary N) is 1. The standard InChI is InChI=1S/C13H19F2N/c1-3-5-6-13(16-4-2)10-7-8-11(14)12(15)9-10/h7-9,13,16H,3-6H2,1-2H3. The predicted octanol–water partition coefficient (Wildman–Crippen LogP) is 3.81. The first-order valence-corrected chi connectivity index (χ1v) is 5.87. The van der Waals surface area contributed by atoms with Crippen molar-refractivity contribution in [3.8, 4) is 0 Å². The van der Waals surface area contributed by atoms with Crippen molar-refractivity contribution in [1.29, 1.82) is 0 Å². The molecule has 0 amide bonds. The van der Waals surface area contributed by atoms with E-state index < -0.39 is 11.6 Å². The van der Waals surface area contributed by atoms with Gasteiger partial charge < -0.3 is 5.32 Å². The van der Waals surface area contributed by atoms with Gasteiger partial charge >= 0.3 is 0 Å².